The van der Waals surface area contributed by atoms with Crippen LogP contribution < -0.4 is 26.3 Å². The molecule has 1 aliphatic carbocycles. The highest BCUT2D eigenvalue weighted by Gasteiger charge is 2.34. The molecule has 4 aromatic heterocycles. The van der Waals surface area contributed by atoms with Gasteiger partial charge in [0.1, 0.15) is 38.9 Å². The van der Waals surface area contributed by atoms with Crippen molar-refractivity contribution >= 4 is 68.8 Å². The van der Waals surface area contributed by atoms with Gasteiger partial charge in [-0.1, -0.05) is 19.1 Å². The lowest BCUT2D eigenvalue weighted by Gasteiger charge is -2.34. The van der Waals surface area contributed by atoms with Gasteiger partial charge in [0.05, 0.1) is 47.6 Å². The molecular weight excluding hydrogens is 877 g/mol. The number of nitrogens with one attached hydrogen (secondary N) is 1. The van der Waals surface area contributed by atoms with Gasteiger partial charge in [0.25, 0.3) is 5.91 Å². The molecule has 0 bridgehead atoms. The van der Waals surface area contributed by atoms with Gasteiger partial charge in [-0.15, -0.1) is 11.3 Å². The van der Waals surface area contributed by atoms with Gasteiger partial charge in [-0.2, -0.15) is 5.10 Å². The standard InChI is InChI=1S/C47H56N12O7S/c1-6-32-42(67-28(4)50-32)45(63)53-47-52-34-23-31(44(49)62)25-38(66-20-10-13-55-16-18-56(19-17-55)46(64)29-11-12-29)41(34)58(47)15-9-8-14-57-39(26-36(60)35-21-27(3)54-59(35)7-2)51-33-22-30(43(48)61)24-37(65-5)40(33)57/h8-9,21-25,29H,6-7,10-20,26H2,1-5H3,(H2,48,61)(H2,49,62)(H,52,53,63)/b9-8+. The van der Waals surface area contributed by atoms with Crippen molar-refractivity contribution in [3.8, 4) is 11.5 Å². The number of anilines is 1. The lowest BCUT2D eigenvalue weighted by Crippen LogP contribution is -2.49. The number of piperazine rings is 1. The molecule has 19 nitrogen and oxygen atoms in total. The van der Waals surface area contributed by atoms with Crippen LogP contribution in [0, 0.1) is 19.8 Å². The van der Waals surface area contributed by atoms with Gasteiger partial charge in [-0.05, 0) is 76.8 Å². The summed E-state index contributed by atoms with van der Waals surface area (Å²) in [5.41, 5.74) is 15.7. The molecule has 1 saturated carbocycles. The molecule has 20 heteroatoms. The number of fused-ring (bicyclic) bond motifs is 2. The summed E-state index contributed by atoms with van der Waals surface area (Å²) >= 11 is 1.30. The van der Waals surface area contributed by atoms with Gasteiger partial charge in [0, 0.05) is 69.4 Å². The topological polar surface area (TPSA) is 241 Å². The molecule has 4 amide bonds. The van der Waals surface area contributed by atoms with Crippen LogP contribution in [-0.4, -0.2) is 120 Å². The molecule has 6 aromatic rings. The summed E-state index contributed by atoms with van der Waals surface area (Å²) in [5, 5.41) is 8.22. The Morgan fingerprint density at radius 3 is 2.15 bits per heavy atom. The Kier molecular flexibility index (Phi) is 13.8. The zero-order valence-corrected chi connectivity index (χ0v) is 39.3. The number of rotatable bonds is 20. The number of amides is 4. The zero-order chi connectivity index (χ0) is 47.5. The summed E-state index contributed by atoms with van der Waals surface area (Å²) in [6, 6.07) is 8.06. The number of nitrogens with zero attached hydrogens (tertiary/aromatic N) is 9. The van der Waals surface area contributed by atoms with Crippen molar-refractivity contribution in [3.63, 3.8) is 0 Å². The lowest BCUT2D eigenvalue weighted by molar-refractivity contribution is -0.134. The summed E-state index contributed by atoms with van der Waals surface area (Å²) in [6.45, 7) is 12.5. The number of ether oxygens (including phenoxy) is 2. The predicted octanol–water partition coefficient (Wildman–Crippen LogP) is 4.70. The lowest BCUT2D eigenvalue weighted by atomic mass is 10.1. The number of hydrogen-bond donors (Lipinski definition) is 3. The number of primary amides is 2. The fourth-order valence-corrected chi connectivity index (χ4v) is 9.47. The van der Waals surface area contributed by atoms with E-state index in [9.17, 15) is 24.0 Å². The first-order valence-electron chi connectivity index (χ1n) is 22.6. The molecule has 0 atom stereocenters. The van der Waals surface area contributed by atoms with E-state index in [0.717, 1.165) is 43.2 Å². The van der Waals surface area contributed by atoms with Crippen LogP contribution in [0.5, 0.6) is 11.5 Å². The maximum absolute atomic E-state index is 13.9. The number of Topliss-reactive ketones (excluding diaryl/α,β-unsaturated/α-hetero) is 1. The monoisotopic (exact) mass is 932 g/mol. The number of carbonyl (C=O) groups excluding carboxylic acids is 5. The van der Waals surface area contributed by atoms with Crippen molar-refractivity contribution in [1.29, 1.82) is 0 Å². The van der Waals surface area contributed by atoms with E-state index in [1.807, 2.05) is 53.9 Å². The van der Waals surface area contributed by atoms with E-state index >= 15 is 0 Å². The molecule has 5 N–H and O–H groups in total. The Bertz CT molecular complexity index is 2910. The predicted molar refractivity (Wildman–Crippen MR) is 253 cm³/mol. The van der Waals surface area contributed by atoms with Gasteiger partial charge in [0.2, 0.25) is 23.7 Å². The summed E-state index contributed by atoms with van der Waals surface area (Å²) < 4.78 is 17.5. The number of ketones is 1. The number of benzene rings is 2. The third kappa shape index (κ3) is 10.1. The molecule has 67 heavy (non-hydrogen) atoms. The largest absolute Gasteiger partial charge is 0.494 e. The van der Waals surface area contributed by atoms with Crippen molar-refractivity contribution in [3.05, 3.63) is 86.4 Å². The van der Waals surface area contributed by atoms with Gasteiger partial charge in [-0.25, -0.2) is 15.0 Å². The van der Waals surface area contributed by atoms with Crippen LogP contribution in [0.2, 0.25) is 0 Å². The van der Waals surface area contributed by atoms with E-state index in [0.29, 0.717) is 94.7 Å². The number of imidazole rings is 2. The minimum atomic E-state index is -0.660. The third-order valence-corrected chi connectivity index (χ3v) is 13.1. The van der Waals surface area contributed by atoms with Crippen LogP contribution >= 0.6 is 11.3 Å². The highest BCUT2D eigenvalue weighted by Crippen LogP contribution is 2.34. The van der Waals surface area contributed by atoms with Crippen LogP contribution in [0.1, 0.15) is 96.2 Å². The van der Waals surface area contributed by atoms with Crippen molar-refractivity contribution in [1.82, 2.24) is 43.7 Å². The van der Waals surface area contributed by atoms with Crippen LogP contribution in [0.15, 0.2) is 42.5 Å². The quantitative estimate of drug-likeness (QED) is 0.0536. The average Bonchev–Trinajstić information content (AvgIpc) is 3.66. The van der Waals surface area contributed by atoms with Gasteiger partial charge in [-0.3, -0.25) is 38.9 Å². The van der Waals surface area contributed by atoms with E-state index in [4.69, 9.17) is 30.9 Å². The van der Waals surface area contributed by atoms with Crippen molar-refractivity contribution in [2.75, 3.05) is 51.8 Å². The Hall–Kier alpha value is -6.93. The van der Waals surface area contributed by atoms with E-state index in [2.05, 4.69) is 20.3 Å². The molecule has 1 aliphatic heterocycles. The molecule has 8 rings (SSSR count). The minimum absolute atomic E-state index is 0.0684. The number of aromatic nitrogens is 7. The molecule has 2 aliphatic rings. The van der Waals surface area contributed by atoms with Crippen molar-refractivity contribution in [2.45, 2.75) is 79.4 Å². The van der Waals surface area contributed by atoms with Crippen LogP contribution in [0.25, 0.3) is 22.1 Å². The Morgan fingerprint density at radius 1 is 0.851 bits per heavy atom. The zero-order valence-electron chi connectivity index (χ0n) is 38.5. The molecule has 1 saturated heterocycles. The second kappa shape index (κ2) is 19.9. The normalized spacial score (nSPS) is 14.4. The number of aryl methyl sites for hydroxylation is 4. The Labute approximate surface area is 391 Å². The van der Waals surface area contributed by atoms with Crippen LogP contribution in [-0.2, 0) is 37.3 Å². The smallest absolute Gasteiger partial charge is 0.269 e. The molecule has 352 valence electrons. The van der Waals surface area contributed by atoms with E-state index < -0.39 is 11.8 Å². The number of hydrogen-bond acceptors (Lipinski definition) is 13. The number of allylic oxidation sites excluding steroid dienone is 2. The molecule has 5 heterocycles. The molecule has 0 radical (unpaired) electrons. The van der Waals surface area contributed by atoms with Gasteiger partial charge in [0.15, 0.2) is 5.78 Å². The van der Waals surface area contributed by atoms with Gasteiger partial charge >= 0.3 is 0 Å². The second-order valence-electron chi connectivity index (χ2n) is 16.8. The Morgan fingerprint density at radius 2 is 1.51 bits per heavy atom. The highest BCUT2D eigenvalue weighted by atomic mass is 32.1. The molecule has 0 unspecified atom stereocenters. The summed E-state index contributed by atoms with van der Waals surface area (Å²) in [6.07, 6.45) is 6.94. The number of nitrogens with two attached hydrogens (primary N) is 2. The van der Waals surface area contributed by atoms with E-state index in [1.54, 1.807) is 35.0 Å². The maximum Gasteiger partial charge on any atom is 0.269 e. The number of methoxy groups -OCH3 is 1. The summed E-state index contributed by atoms with van der Waals surface area (Å²) in [5.74, 6) is -0.0165. The van der Waals surface area contributed by atoms with Crippen molar-refractivity contribution < 1.29 is 33.4 Å². The number of carbonyl (C=O) groups is 5. The van der Waals surface area contributed by atoms with Gasteiger partial charge < -0.3 is 35.0 Å². The SMILES string of the molecule is CCc1nc(C)sc1C(=O)Nc1nc2cc(C(N)=O)cc(OCCCN3CCN(C(=O)C4CC4)CC3)c2n1C/C=C/Cn1c(CC(=O)c2cc(C)nn2CC)nc2cc(C(N)=O)cc(OC)c21. The first kappa shape index (κ1) is 46.6. The number of thiazole rings is 1. The second-order valence-corrected chi connectivity index (χ2v) is 18.0. The first-order valence-corrected chi connectivity index (χ1v) is 23.4. The summed E-state index contributed by atoms with van der Waals surface area (Å²) in [4.78, 5) is 84.3. The maximum atomic E-state index is 13.9. The fourth-order valence-electron chi connectivity index (χ4n) is 8.56. The third-order valence-electron chi connectivity index (χ3n) is 12.1. The fraction of sp³-hybridized carbons (Fsp3) is 0.426. The molecular formula is C47H56N12O7S. The molecule has 2 aromatic carbocycles. The molecule has 0 spiro atoms. The first-order chi connectivity index (χ1) is 32.3. The highest BCUT2D eigenvalue weighted by molar-refractivity contribution is 7.13. The van der Waals surface area contributed by atoms with Crippen molar-refractivity contribution in [2.24, 2.45) is 17.4 Å². The van der Waals surface area contributed by atoms with Crippen LogP contribution in [0.4, 0.5) is 5.95 Å². The van der Waals surface area contributed by atoms with E-state index in [-0.39, 0.29) is 60.1 Å². The average molecular weight is 933 g/mol. The van der Waals surface area contributed by atoms with Crippen LogP contribution in [0.3, 0.4) is 0 Å². The Balaban J connectivity index is 1.10. The summed E-state index contributed by atoms with van der Waals surface area (Å²) in [7, 11) is 1.49. The van der Waals surface area contributed by atoms with E-state index in [1.165, 1.54) is 18.4 Å². The minimum Gasteiger partial charge on any atom is -0.494 e. The molecule has 2 fully saturated rings.